The minimum atomic E-state index is -0.344. The van der Waals surface area contributed by atoms with Gasteiger partial charge in [-0.3, -0.25) is 14.3 Å². The molecule has 4 rings (SSSR count). The Bertz CT molecular complexity index is 1180. The lowest BCUT2D eigenvalue weighted by Gasteiger charge is -2.07. The van der Waals surface area contributed by atoms with E-state index in [1.165, 1.54) is 4.68 Å². The molecule has 0 radical (unpaired) electrons. The van der Waals surface area contributed by atoms with Gasteiger partial charge >= 0.3 is 0 Å². The molecular formula is C22H20N6O3. The van der Waals surface area contributed by atoms with Crippen molar-refractivity contribution >= 4 is 23.2 Å². The fraction of sp³-hybridized carbons (Fsp3) is 0.0909. The monoisotopic (exact) mass is 416 g/mol. The molecule has 0 saturated carbocycles. The van der Waals surface area contributed by atoms with Gasteiger partial charge < -0.3 is 15.4 Å². The van der Waals surface area contributed by atoms with Gasteiger partial charge in [-0.25, -0.2) is 4.68 Å². The summed E-state index contributed by atoms with van der Waals surface area (Å²) in [5.41, 5.74) is 1.77. The van der Waals surface area contributed by atoms with Gasteiger partial charge in [0.15, 0.2) is 18.1 Å². The lowest BCUT2D eigenvalue weighted by atomic mass is 10.2. The average Bonchev–Trinajstić information content (AvgIpc) is 3.44. The van der Waals surface area contributed by atoms with Crippen molar-refractivity contribution in [2.45, 2.75) is 6.73 Å². The molecule has 2 heterocycles. The third kappa shape index (κ3) is 5.15. The van der Waals surface area contributed by atoms with Crippen LogP contribution < -0.4 is 15.4 Å². The highest BCUT2D eigenvalue weighted by atomic mass is 16.5. The Balaban J connectivity index is 1.31. The van der Waals surface area contributed by atoms with E-state index in [-0.39, 0.29) is 24.2 Å². The first-order chi connectivity index (χ1) is 15.1. The van der Waals surface area contributed by atoms with Gasteiger partial charge in [0.25, 0.3) is 11.8 Å². The number of ether oxygens (including phenoxy) is 1. The highest BCUT2D eigenvalue weighted by Crippen LogP contribution is 2.15. The Morgan fingerprint density at radius 2 is 1.39 bits per heavy atom. The molecule has 9 heteroatoms. The SMILES string of the molecule is Cn1ccc(C(=O)Nc2ccc(NC(=O)c3ccn(COc4ccccc4)n3)cc2)n1. The zero-order chi connectivity index (χ0) is 21.6. The van der Waals surface area contributed by atoms with Crippen LogP contribution in [0.1, 0.15) is 21.0 Å². The maximum absolute atomic E-state index is 12.4. The summed E-state index contributed by atoms with van der Waals surface area (Å²) in [4.78, 5) is 24.6. The van der Waals surface area contributed by atoms with Crippen LogP contribution in [0.3, 0.4) is 0 Å². The highest BCUT2D eigenvalue weighted by Gasteiger charge is 2.12. The molecule has 2 aromatic carbocycles. The number of hydrogen-bond acceptors (Lipinski definition) is 5. The largest absolute Gasteiger partial charge is 0.471 e. The third-order valence-electron chi connectivity index (χ3n) is 4.33. The number of nitrogens with zero attached hydrogens (tertiary/aromatic N) is 4. The predicted molar refractivity (Wildman–Crippen MR) is 115 cm³/mol. The molecular weight excluding hydrogens is 396 g/mol. The van der Waals surface area contributed by atoms with Crippen molar-refractivity contribution < 1.29 is 14.3 Å². The number of anilines is 2. The minimum absolute atomic E-state index is 0.196. The van der Waals surface area contributed by atoms with Gasteiger partial charge in [0.1, 0.15) is 5.75 Å². The Kier molecular flexibility index (Phi) is 5.75. The fourth-order valence-corrected chi connectivity index (χ4v) is 2.78. The molecule has 156 valence electrons. The van der Waals surface area contributed by atoms with Crippen molar-refractivity contribution in [3.8, 4) is 5.75 Å². The van der Waals surface area contributed by atoms with E-state index in [9.17, 15) is 9.59 Å². The van der Waals surface area contributed by atoms with Gasteiger partial charge in [0, 0.05) is 30.8 Å². The number of carbonyl (C=O) groups excluding carboxylic acids is 2. The predicted octanol–water partition coefficient (Wildman–Crippen LogP) is 3.16. The van der Waals surface area contributed by atoms with E-state index < -0.39 is 0 Å². The van der Waals surface area contributed by atoms with Gasteiger partial charge in [0.05, 0.1) is 0 Å². The number of carbonyl (C=O) groups is 2. The van der Waals surface area contributed by atoms with Gasteiger partial charge in [-0.2, -0.15) is 10.2 Å². The van der Waals surface area contributed by atoms with Crippen molar-refractivity contribution in [3.63, 3.8) is 0 Å². The quantitative estimate of drug-likeness (QED) is 0.482. The van der Waals surface area contributed by atoms with Crippen LogP contribution in [-0.4, -0.2) is 31.4 Å². The molecule has 0 bridgehead atoms. The number of para-hydroxylation sites is 1. The first kappa shape index (κ1) is 19.9. The van der Waals surface area contributed by atoms with Crippen molar-refractivity contribution in [2.24, 2.45) is 7.05 Å². The average molecular weight is 416 g/mol. The summed E-state index contributed by atoms with van der Waals surface area (Å²) in [6.07, 6.45) is 3.37. The lowest BCUT2D eigenvalue weighted by Crippen LogP contribution is -2.15. The van der Waals surface area contributed by atoms with E-state index in [1.807, 2.05) is 30.3 Å². The van der Waals surface area contributed by atoms with E-state index in [2.05, 4.69) is 20.8 Å². The molecule has 31 heavy (non-hydrogen) atoms. The molecule has 0 fully saturated rings. The molecule has 2 N–H and O–H groups in total. The molecule has 2 amide bonds. The number of amides is 2. The van der Waals surface area contributed by atoms with Crippen LogP contribution in [0.25, 0.3) is 0 Å². The molecule has 0 aliphatic rings. The van der Waals surface area contributed by atoms with E-state index in [4.69, 9.17) is 4.74 Å². The second-order valence-corrected chi connectivity index (χ2v) is 6.69. The Labute approximate surface area is 178 Å². The molecule has 4 aromatic rings. The highest BCUT2D eigenvalue weighted by molar-refractivity contribution is 6.04. The second-order valence-electron chi connectivity index (χ2n) is 6.69. The molecule has 0 aliphatic carbocycles. The van der Waals surface area contributed by atoms with Crippen LogP contribution in [0.2, 0.25) is 0 Å². The maximum atomic E-state index is 12.4. The normalized spacial score (nSPS) is 10.5. The zero-order valence-corrected chi connectivity index (χ0v) is 16.7. The van der Waals surface area contributed by atoms with E-state index in [1.54, 1.807) is 60.5 Å². The van der Waals surface area contributed by atoms with Gasteiger partial charge in [-0.15, -0.1) is 0 Å². The molecule has 0 spiro atoms. The molecule has 9 nitrogen and oxygen atoms in total. The first-order valence-electron chi connectivity index (χ1n) is 9.50. The van der Waals surface area contributed by atoms with Gasteiger partial charge in [-0.1, -0.05) is 18.2 Å². The minimum Gasteiger partial charge on any atom is -0.471 e. The summed E-state index contributed by atoms with van der Waals surface area (Å²) in [6, 6.07) is 19.4. The summed E-state index contributed by atoms with van der Waals surface area (Å²) in [5.74, 6) is 0.0728. The van der Waals surface area contributed by atoms with Crippen LogP contribution in [0.15, 0.2) is 79.1 Å². The lowest BCUT2D eigenvalue weighted by molar-refractivity contribution is 0.101. The summed E-state index contributed by atoms with van der Waals surface area (Å²) in [5, 5.41) is 13.8. The number of aryl methyl sites for hydroxylation is 1. The van der Waals surface area contributed by atoms with Crippen molar-refractivity contribution in [2.75, 3.05) is 10.6 Å². The standard InChI is InChI=1S/C22H20N6O3/c1-27-13-11-19(25-27)21(29)23-16-7-9-17(10-8-16)24-22(30)20-12-14-28(26-20)15-31-18-5-3-2-4-6-18/h2-14H,15H2,1H3,(H,23,29)(H,24,30). The molecule has 0 saturated heterocycles. The van der Waals surface area contributed by atoms with E-state index in [0.29, 0.717) is 17.1 Å². The summed E-state index contributed by atoms with van der Waals surface area (Å²) < 4.78 is 8.71. The van der Waals surface area contributed by atoms with Gasteiger partial charge in [0.2, 0.25) is 0 Å². The first-order valence-corrected chi connectivity index (χ1v) is 9.50. The van der Waals surface area contributed by atoms with Crippen LogP contribution in [0.4, 0.5) is 11.4 Å². The van der Waals surface area contributed by atoms with Crippen LogP contribution in [0, 0.1) is 0 Å². The maximum Gasteiger partial charge on any atom is 0.276 e. The summed E-state index contributed by atoms with van der Waals surface area (Å²) >= 11 is 0. The van der Waals surface area contributed by atoms with Crippen LogP contribution in [-0.2, 0) is 13.8 Å². The number of rotatable bonds is 7. The fourth-order valence-electron chi connectivity index (χ4n) is 2.78. The van der Waals surface area contributed by atoms with E-state index >= 15 is 0 Å². The van der Waals surface area contributed by atoms with Crippen molar-refractivity contribution in [1.29, 1.82) is 0 Å². The molecule has 0 atom stereocenters. The Hall–Kier alpha value is -4.40. The number of nitrogens with one attached hydrogen (secondary N) is 2. The smallest absolute Gasteiger partial charge is 0.276 e. The molecule has 2 aromatic heterocycles. The van der Waals surface area contributed by atoms with E-state index in [0.717, 1.165) is 5.75 Å². The number of hydrogen-bond donors (Lipinski definition) is 2. The topological polar surface area (TPSA) is 103 Å². The van der Waals surface area contributed by atoms with Crippen LogP contribution >= 0.6 is 0 Å². The van der Waals surface area contributed by atoms with Crippen LogP contribution in [0.5, 0.6) is 5.75 Å². The Morgan fingerprint density at radius 3 is 1.97 bits per heavy atom. The summed E-state index contributed by atoms with van der Waals surface area (Å²) in [7, 11) is 1.74. The zero-order valence-electron chi connectivity index (χ0n) is 16.7. The number of aromatic nitrogens is 4. The van der Waals surface area contributed by atoms with Crippen molar-refractivity contribution in [3.05, 3.63) is 90.5 Å². The summed E-state index contributed by atoms with van der Waals surface area (Å²) in [6.45, 7) is 0.196. The van der Waals surface area contributed by atoms with Crippen molar-refractivity contribution in [1.82, 2.24) is 19.6 Å². The second kappa shape index (κ2) is 8.95. The Morgan fingerprint density at radius 1 is 0.806 bits per heavy atom. The third-order valence-corrected chi connectivity index (χ3v) is 4.33. The molecule has 0 unspecified atom stereocenters. The van der Waals surface area contributed by atoms with Gasteiger partial charge in [-0.05, 0) is 48.5 Å². The number of benzene rings is 2. The molecule has 0 aliphatic heterocycles.